The van der Waals surface area contributed by atoms with Crippen LogP contribution < -0.4 is 0 Å². The molecule has 1 saturated carbocycles. The number of carbonyl (C=O) groups excluding carboxylic acids is 1. The van der Waals surface area contributed by atoms with Crippen molar-refractivity contribution in [1.29, 1.82) is 0 Å². The fourth-order valence-corrected chi connectivity index (χ4v) is 6.85. The van der Waals surface area contributed by atoms with Crippen molar-refractivity contribution in [1.82, 2.24) is 4.90 Å². The highest BCUT2D eigenvalue weighted by molar-refractivity contribution is 7.93. The molecule has 0 amide bonds. The summed E-state index contributed by atoms with van der Waals surface area (Å²) in [6.07, 6.45) is 2.74. The molecular weight excluding hydrogens is 496 g/mol. The Kier molecular flexibility index (Phi) is 7.56. The van der Waals surface area contributed by atoms with Crippen molar-refractivity contribution < 1.29 is 26.7 Å². The van der Waals surface area contributed by atoms with E-state index in [1.807, 2.05) is 24.3 Å². The number of halogens is 2. The zero-order chi connectivity index (χ0) is 27.1. The second kappa shape index (κ2) is 10.1. The van der Waals surface area contributed by atoms with Gasteiger partial charge in [0.25, 0.3) is 0 Å². The molecule has 0 unspecified atom stereocenters. The second-order valence-corrected chi connectivity index (χ2v) is 13.8. The van der Waals surface area contributed by atoms with Gasteiger partial charge < -0.3 is 9.64 Å². The van der Waals surface area contributed by atoms with E-state index < -0.39 is 32.1 Å². The number of piperidine rings is 1. The van der Waals surface area contributed by atoms with Gasteiger partial charge in [-0.15, -0.1) is 0 Å². The van der Waals surface area contributed by atoms with Crippen LogP contribution in [0.15, 0.2) is 53.4 Å². The number of hydrogen-bond donors (Lipinski definition) is 0. The summed E-state index contributed by atoms with van der Waals surface area (Å²) in [5.74, 6) is -3.38. The molecule has 4 rings (SSSR count). The fourth-order valence-electron chi connectivity index (χ4n) is 4.92. The number of alkyl halides is 2. The molecule has 2 aromatic rings. The van der Waals surface area contributed by atoms with Gasteiger partial charge in [0.2, 0.25) is 5.92 Å². The molecule has 0 atom stereocenters. The maximum atomic E-state index is 14.0. The number of benzene rings is 2. The van der Waals surface area contributed by atoms with E-state index in [0.29, 0.717) is 19.1 Å². The van der Waals surface area contributed by atoms with Crippen molar-refractivity contribution in [3.8, 4) is 11.1 Å². The number of esters is 1. The molecule has 0 N–H and O–H groups in total. The third kappa shape index (κ3) is 6.40. The molecule has 0 radical (unpaired) electrons. The van der Waals surface area contributed by atoms with E-state index in [9.17, 15) is 22.0 Å². The summed E-state index contributed by atoms with van der Waals surface area (Å²) < 4.78 is 58.3. The molecule has 8 heteroatoms. The molecule has 2 aromatic carbocycles. The van der Waals surface area contributed by atoms with Crippen LogP contribution in [0.3, 0.4) is 0 Å². The van der Waals surface area contributed by atoms with Gasteiger partial charge in [-0.05, 0) is 88.6 Å². The lowest BCUT2D eigenvalue weighted by atomic mass is 9.95. The normalized spacial score (nSPS) is 19.0. The largest absolute Gasteiger partial charge is 0.459 e. The Hall–Kier alpha value is -2.32. The summed E-state index contributed by atoms with van der Waals surface area (Å²) in [6, 6.07) is 14.4. The second-order valence-electron chi connectivity index (χ2n) is 11.6. The van der Waals surface area contributed by atoms with Gasteiger partial charge in [0.05, 0.1) is 4.90 Å². The highest BCUT2D eigenvalue weighted by atomic mass is 32.2. The van der Waals surface area contributed by atoms with Gasteiger partial charge in [0, 0.05) is 25.6 Å². The molecule has 0 bridgehead atoms. The van der Waals surface area contributed by atoms with Crippen LogP contribution in [0.2, 0.25) is 0 Å². The Bertz CT molecular complexity index is 1200. The number of ether oxygens (including phenoxy) is 1. The van der Waals surface area contributed by atoms with Crippen molar-refractivity contribution in [2.24, 2.45) is 0 Å². The minimum absolute atomic E-state index is 0.101. The molecule has 0 spiro atoms. The molecule has 5 nitrogen and oxygen atoms in total. The Morgan fingerprint density at radius 2 is 1.46 bits per heavy atom. The summed E-state index contributed by atoms with van der Waals surface area (Å²) in [6.45, 7) is 7.27. The number of hydrogen-bond acceptors (Lipinski definition) is 5. The number of aryl methyl sites for hydroxylation is 1. The van der Waals surface area contributed by atoms with Crippen LogP contribution in [-0.2, 0) is 25.8 Å². The van der Waals surface area contributed by atoms with Crippen molar-refractivity contribution in [3.63, 3.8) is 0 Å². The molecular formula is C29H37F2NO4S. The van der Waals surface area contributed by atoms with E-state index in [0.717, 1.165) is 36.5 Å². The van der Waals surface area contributed by atoms with Gasteiger partial charge in [-0.1, -0.05) is 36.4 Å². The monoisotopic (exact) mass is 533 g/mol. The first-order valence-electron chi connectivity index (χ1n) is 13.0. The van der Waals surface area contributed by atoms with Crippen LogP contribution in [0.4, 0.5) is 8.78 Å². The van der Waals surface area contributed by atoms with Crippen molar-refractivity contribution in [2.75, 3.05) is 13.1 Å². The molecule has 37 heavy (non-hydrogen) atoms. The highest BCUT2D eigenvalue weighted by Gasteiger charge is 2.55. The standard InChI is InChI=1S/C29H37F2NO4S/c1-27(2,3)36-26(33)29(17-19-32(20-18-29)24-11-12-24)37(34,35)25-13-9-23(10-14-25)22-7-5-21(6-8-22)15-16-28(4,30)31/h5-10,13-14,24H,11-12,15-20H2,1-4H3. The van der Waals surface area contributed by atoms with Gasteiger partial charge in [-0.3, -0.25) is 4.79 Å². The average Bonchev–Trinajstić information content (AvgIpc) is 3.67. The first-order valence-corrected chi connectivity index (χ1v) is 14.5. The van der Waals surface area contributed by atoms with Gasteiger partial charge in [-0.25, -0.2) is 17.2 Å². The smallest absolute Gasteiger partial charge is 0.328 e. The predicted molar refractivity (Wildman–Crippen MR) is 140 cm³/mol. The predicted octanol–water partition coefficient (Wildman–Crippen LogP) is 6.05. The fraction of sp³-hybridized carbons (Fsp3) is 0.552. The Labute approximate surface area is 219 Å². The van der Waals surface area contributed by atoms with Crippen LogP contribution >= 0.6 is 0 Å². The van der Waals surface area contributed by atoms with E-state index in [1.165, 1.54) is 0 Å². The molecule has 2 aliphatic rings. The summed E-state index contributed by atoms with van der Waals surface area (Å²) in [5.41, 5.74) is 1.69. The van der Waals surface area contributed by atoms with Crippen LogP contribution in [0.1, 0.15) is 65.4 Å². The summed E-state index contributed by atoms with van der Waals surface area (Å²) in [4.78, 5) is 15.8. The Morgan fingerprint density at radius 1 is 0.946 bits per heavy atom. The highest BCUT2D eigenvalue weighted by Crippen LogP contribution is 2.41. The Morgan fingerprint density at radius 3 is 1.92 bits per heavy atom. The minimum atomic E-state index is -4.02. The van der Waals surface area contributed by atoms with Crippen LogP contribution in [0, 0.1) is 0 Å². The lowest BCUT2D eigenvalue weighted by molar-refractivity contribution is -0.159. The minimum Gasteiger partial charge on any atom is -0.459 e. The van der Waals surface area contributed by atoms with Crippen molar-refractivity contribution >= 4 is 15.8 Å². The third-order valence-electron chi connectivity index (χ3n) is 7.26. The van der Waals surface area contributed by atoms with E-state index in [2.05, 4.69) is 4.90 Å². The molecule has 2 fully saturated rings. The van der Waals surface area contributed by atoms with E-state index >= 15 is 0 Å². The van der Waals surface area contributed by atoms with Gasteiger partial charge >= 0.3 is 5.97 Å². The zero-order valence-electron chi connectivity index (χ0n) is 22.1. The quantitative estimate of drug-likeness (QED) is 0.387. The van der Waals surface area contributed by atoms with E-state index in [4.69, 9.17) is 4.74 Å². The van der Waals surface area contributed by atoms with Crippen LogP contribution in [0.5, 0.6) is 0 Å². The summed E-state index contributed by atoms with van der Waals surface area (Å²) in [5, 5.41) is 0. The average molecular weight is 534 g/mol. The summed E-state index contributed by atoms with van der Waals surface area (Å²) in [7, 11) is -4.02. The zero-order valence-corrected chi connectivity index (χ0v) is 22.9. The molecule has 0 aromatic heterocycles. The number of nitrogens with zero attached hydrogens (tertiary/aromatic N) is 1. The topological polar surface area (TPSA) is 63.7 Å². The number of sulfone groups is 1. The maximum Gasteiger partial charge on any atom is 0.328 e. The van der Waals surface area contributed by atoms with Gasteiger partial charge in [0.1, 0.15) is 5.60 Å². The first kappa shape index (κ1) is 27.7. The lowest BCUT2D eigenvalue weighted by Gasteiger charge is -2.40. The van der Waals surface area contributed by atoms with E-state index in [1.54, 1.807) is 45.0 Å². The Balaban J connectivity index is 1.56. The van der Waals surface area contributed by atoms with E-state index in [-0.39, 0.29) is 30.6 Å². The maximum absolute atomic E-state index is 14.0. The first-order chi connectivity index (χ1) is 17.2. The summed E-state index contributed by atoms with van der Waals surface area (Å²) >= 11 is 0. The van der Waals surface area contributed by atoms with Gasteiger partial charge in [0.15, 0.2) is 14.6 Å². The molecule has 1 aliphatic carbocycles. The molecule has 202 valence electrons. The number of carbonyl (C=O) groups is 1. The number of rotatable bonds is 8. The van der Waals surface area contributed by atoms with Crippen LogP contribution in [-0.4, -0.2) is 54.7 Å². The SMILES string of the molecule is CC(F)(F)CCc1ccc(-c2ccc(S(=O)(=O)C3(C(=O)OC(C)(C)C)CCN(C4CC4)CC3)cc2)cc1. The molecule has 1 aliphatic heterocycles. The molecule has 1 heterocycles. The number of likely N-dealkylation sites (tertiary alicyclic amines) is 1. The third-order valence-corrected chi connectivity index (χ3v) is 9.76. The molecule has 1 saturated heterocycles. The van der Waals surface area contributed by atoms with Crippen molar-refractivity contribution in [2.45, 2.75) is 93.4 Å². The lowest BCUT2D eigenvalue weighted by Crippen LogP contribution is -2.56. The van der Waals surface area contributed by atoms with Crippen LogP contribution in [0.25, 0.3) is 11.1 Å². The van der Waals surface area contributed by atoms with Gasteiger partial charge in [-0.2, -0.15) is 0 Å². The van der Waals surface area contributed by atoms with Crippen molar-refractivity contribution in [3.05, 3.63) is 54.1 Å².